The normalized spacial score (nSPS) is 9.53. The fraction of sp³-hybridized carbons (Fsp3) is 0.294. The first kappa shape index (κ1) is 15.3. The van der Waals surface area contributed by atoms with Gasteiger partial charge in [0, 0.05) is 17.9 Å². The predicted molar refractivity (Wildman–Crippen MR) is 84.9 cm³/mol. The van der Waals surface area contributed by atoms with Crippen molar-refractivity contribution in [2.75, 3.05) is 5.32 Å². The van der Waals surface area contributed by atoms with Gasteiger partial charge in [-0.2, -0.15) is 0 Å². The molecule has 0 bridgehead atoms. The Kier molecular flexibility index (Phi) is 6.10. The zero-order valence-corrected chi connectivity index (χ0v) is 12.3. The summed E-state index contributed by atoms with van der Waals surface area (Å²) in [4.78, 5) is 0. The second kappa shape index (κ2) is 7.59. The molecule has 0 atom stereocenters. The van der Waals surface area contributed by atoms with Crippen LogP contribution < -0.4 is 11.1 Å². The van der Waals surface area contributed by atoms with Gasteiger partial charge in [-0.15, -0.1) is 0 Å². The fourth-order valence-electron chi connectivity index (χ4n) is 1.97. The number of rotatable bonds is 3. The summed E-state index contributed by atoms with van der Waals surface area (Å²) in [5.74, 6) is 0. The number of hydrogen-bond donors (Lipinski definition) is 2. The molecule has 0 heterocycles. The van der Waals surface area contributed by atoms with Crippen LogP contribution in [0.3, 0.4) is 0 Å². The molecular formula is C17H24N2. The van der Waals surface area contributed by atoms with Crippen LogP contribution in [0.15, 0.2) is 42.5 Å². The predicted octanol–water partition coefficient (Wildman–Crippen LogP) is 4.53. The lowest BCUT2D eigenvalue weighted by molar-refractivity contribution is 1.07. The summed E-state index contributed by atoms with van der Waals surface area (Å²) >= 11 is 0. The van der Waals surface area contributed by atoms with Crippen LogP contribution in [-0.4, -0.2) is 0 Å². The van der Waals surface area contributed by atoms with Gasteiger partial charge < -0.3 is 11.1 Å². The van der Waals surface area contributed by atoms with Gasteiger partial charge in [0.2, 0.25) is 0 Å². The standard InChI is InChI=1S/C15H18N2.C2H6/c1-11-6-5-7-12(2)15(11)17-14-9-4-3-8-13(14)10-16;1-2/h3-9,17H,10,16H2,1-2H3;1-2H3. The highest BCUT2D eigenvalue weighted by Gasteiger charge is 2.04. The van der Waals surface area contributed by atoms with Crippen molar-refractivity contribution < 1.29 is 0 Å². The maximum absolute atomic E-state index is 5.74. The SMILES string of the molecule is CC.Cc1cccc(C)c1Nc1ccccc1CN. The molecule has 0 aliphatic heterocycles. The lowest BCUT2D eigenvalue weighted by Gasteiger charge is -2.15. The van der Waals surface area contributed by atoms with Crippen LogP contribution >= 0.6 is 0 Å². The molecule has 102 valence electrons. The Hall–Kier alpha value is -1.80. The Morgan fingerprint density at radius 2 is 1.47 bits per heavy atom. The Bertz CT molecular complexity index is 498. The lowest BCUT2D eigenvalue weighted by atomic mass is 10.1. The maximum Gasteiger partial charge on any atom is 0.0443 e. The van der Waals surface area contributed by atoms with Gasteiger partial charge in [-0.25, -0.2) is 0 Å². The van der Waals surface area contributed by atoms with E-state index in [-0.39, 0.29) is 0 Å². The minimum absolute atomic E-state index is 0.550. The van der Waals surface area contributed by atoms with E-state index in [2.05, 4.69) is 49.5 Å². The van der Waals surface area contributed by atoms with E-state index >= 15 is 0 Å². The third kappa shape index (κ3) is 3.83. The molecule has 19 heavy (non-hydrogen) atoms. The van der Waals surface area contributed by atoms with Gasteiger partial charge in [0.1, 0.15) is 0 Å². The molecule has 0 aliphatic carbocycles. The molecule has 0 fully saturated rings. The zero-order chi connectivity index (χ0) is 14.3. The first-order valence-corrected chi connectivity index (χ1v) is 6.83. The summed E-state index contributed by atoms with van der Waals surface area (Å²) < 4.78 is 0. The monoisotopic (exact) mass is 256 g/mol. The number of aryl methyl sites for hydroxylation is 2. The second-order valence-corrected chi connectivity index (χ2v) is 4.25. The summed E-state index contributed by atoms with van der Waals surface area (Å²) in [7, 11) is 0. The smallest absolute Gasteiger partial charge is 0.0443 e. The number of nitrogens with one attached hydrogen (secondary N) is 1. The summed E-state index contributed by atoms with van der Waals surface area (Å²) in [5, 5.41) is 3.48. The maximum atomic E-state index is 5.74. The summed E-state index contributed by atoms with van der Waals surface area (Å²) in [6.45, 7) is 8.77. The van der Waals surface area contributed by atoms with Crippen LogP contribution in [-0.2, 0) is 6.54 Å². The molecule has 2 heteroatoms. The van der Waals surface area contributed by atoms with Gasteiger partial charge in [-0.3, -0.25) is 0 Å². The average Bonchev–Trinajstić information content (AvgIpc) is 2.45. The highest BCUT2D eigenvalue weighted by atomic mass is 14.9. The quantitative estimate of drug-likeness (QED) is 0.846. The van der Waals surface area contributed by atoms with E-state index in [9.17, 15) is 0 Å². The van der Waals surface area contributed by atoms with Crippen LogP contribution in [0, 0.1) is 13.8 Å². The van der Waals surface area contributed by atoms with Crippen molar-refractivity contribution in [3.63, 3.8) is 0 Å². The number of hydrogen-bond acceptors (Lipinski definition) is 2. The lowest BCUT2D eigenvalue weighted by Crippen LogP contribution is -2.03. The molecule has 2 nitrogen and oxygen atoms in total. The minimum atomic E-state index is 0.550. The van der Waals surface area contributed by atoms with Crippen molar-refractivity contribution in [2.45, 2.75) is 34.2 Å². The summed E-state index contributed by atoms with van der Waals surface area (Å²) in [6, 6.07) is 14.4. The fourth-order valence-corrected chi connectivity index (χ4v) is 1.97. The van der Waals surface area contributed by atoms with Crippen molar-refractivity contribution in [1.29, 1.82) is 0 Å². The molecule has 0 aromatic heterocycles. The first-order valence-electron chi connectivity index (χ1n) is 6.83. The molecule has 0 aliphatic rings. The van der Waals surface area contributed by atoms with Gasteiger partial charge >= 0.3 is 0 Å². The molecule has 0 spiro atoms. The van der Waals surface area contributed by atoms with Crippen LogP contribution in [0.2, 0.25) is 0 Å². The molecule has 2 aromatic carbocycles. The topological polar surface area (TPSA) is 38.0 Å². The molecule has 0 saturated heterocycles. The van der Waals surface area contributed by atoms with E-state index in [1.165, 1.54) is 16.8 Å². The van der Waals surface area contributed by atoms with E-state index in [4.69, 9.17) is 5.73 Å². The van der Waals surface area contributed by atoms with E-state index in [0.717, 1.165) is 11.3 Å². The van der Waals surface area contributed by atoms with Crippen molar-refractivity contribution in [2.24, 2.45) is 5.73 Å². The molecule has 2 aromatic rings. The van der Waals surface area contributed by atoms with E-state index < -0.39 is 0 Å². The Balaban J connectivity index is 0.000000861. The van der Waals surface area contributed by atoms with Gasteiger partial charge in [-0.05, 0) is 36.6 Å². The minimum Gasteiger partial charge on any atom is -0.355 e. The van der Waals surface area contributed by atoms with Gasteiger partial charge in [0.15, 0.2) is 0 Å². The van der Waals surface area contributed by atoms with Crippen LogP contribution in [0.4, 0.5) is 11.4 Å². The number of benzene rings is 2. The van der Waals surface area contributed by atoms with Crippen LogP contribution in [0.1, 0.15) is 30.5 Å². The van der Waals surface area contributed by atoms with Crippen molar-refractivity contribution in [3.8, 4) is 0 Å². The number of para-hydroxylation sites is 2. The van der Waals surface area contributed by atoms with Crippen molar-refractivity contribution in [3.05, 3.63) is 59.2 Å². The van der Waals surface area contributed by atoms with Crippen molar-refractivity contribution >= 4 is 11.4 Å². The molecule has 0 amide bonds. The number of nitrogens with two attached hydrogens (primary N) is 1. The van der Waals surface area contributed by atoms with Gasteiger partial charge in [-0.1, -0.05) is 50.2 Å². The van der Waals surface area contributed by atoms with E-state index in [1.54, 1.807) is 0 Å². The molecular weight excluding hydrogens is 232 g/mol. The number of anilines is 2. The Morgan fingerprint density at radius 3 is 2.05 bits per heavy atom. The molecule has 0 unspecified atom stereocenters. The molecule has 2 rings (SSSR count). The van der Waals surface area contributed by atoms with Crippen LogP contribution in [0.5, 0.6) is 0 Å². The van der Waals surface area contributed by atoms with Gasteiger partial charge in [0.05, 0.1) is 0 Å². The molecule has 3 N–H and O–H groups in total. The first-order chi connectivity index (χ1) is 9.22. The van der Waals surface area contributed by atoms with E-state index in [0.29, 0.717) is 6.54 Å². The Labute approximate surface area is 116 Å². The molecule has 0 saturated carbocycles. The van der Waals surface area contributed by atoms with E-state index in [1.807, 2.05) is 26.0 Å². The van der Waals surface area contributed by atoms with Gasteiger partial charge in [0.25, 0.3) is 0 Å². The van der Waals surface area contributed by atoms with Crippen LogP contribution in [0.25, 0.3) is 0 Å². The Morgan fingerprint density at radius 1 is 0.895 bits per heavy atom. The second-order valence-electron chi connectivity index (χ2n) is 4.25. The molecule has 0 radical (unpaired) electrons. The van der Waals surface area contributed by atoms with Crippen molar-refractivity contribution in [1.82, 2.24) is 0 Å². The average molecular weight is 256 g/mol. The highest BCUT2D eigenvalue weighted by Crippen LogP contribution is 2.26. The third-order valence-electron chi connectivity index (χ3n) is 2.98. The summed E-state index contributed by atoms with van der Waals surface area (Å²) in [6.07, 6.45) is 0. The largest absolute Gasteiger partial charge is 0.355 e. The summed E-state index contributed by atoms with van der Waals surface area (Å²) in [5.41, 5.74) is 11.6. The highest BCUT2D eigenvalue weighted by molar-refractivity contribution is 5.68. The zero-order valence-electron chi connectivity index (χ0n) is 12.3. The third-order valence-corrected chi connectivity index (χ3v) is 2.98.